The molecular weight excluding hydrogens is 216 g/mol. The second-order valence-corrected chi connectivity index (χ2v) is 5.14. The first-order chi connectivity index (χ1) is 7.93. The van der Waals surface area contributed by atoms with Crippen molar-refractivity contribution >= 4 is 5.78 Å². The third-order valence-electron chi connectivity index (χ3n) is 3.94. The molecule has 1 aliphatic carbocycles. The summed E-state index contributed by atoms with van der Waals surface area (Å²) in [7, 11) is 0. The van der Waals surface area contributed by atoms with E-state index < -0.39 is 11.7 Å². The average molecular weight is 240 g/mol. The molecule has 0 aromatic heterocycles. The van der Waals surface area contributed by atoms with Crippen molar-refractivity contribution in [1.82, 2.24) is 0 Å². The van der Waals surface area contributed by atoms with Crippen LogP contribution in [0.5, 0.6) is 0 Å². The normalized spacial score (nSPS) is 26.8. The molecule has 0 spiro atoms. The van der Waals surface area contributed by atoms with E-state index in [1.54, 1.807) is 13.8 Å². The summed E-state index contributed by atoms with van der Waals surface area (Å²) in [6.07, 6.45) is 4.06. The van der Waals surface area contributed by atoms with Crippen LogP contribution in [-0.2, 0) is 4.79 Å². The highest BCUT2D eigenvalue weighted by molar-refractivity contribution is 6.00. The Bertz CT molecular complexity index is 319. The highest BCUT2D eigenvalue weighted by Gasteiger charge is 2.45. The summed E-state index contributed by atoms with van der Waals surface area (Å²) in [5, 5.41) is 20.5. The van der Waals surface area contributed by atoms with Crippen molar-refractivity contribution in [2.24, 2.45) is 0 Å². The molecule has 0 radical (unpaired) electrons. The van der Waals surface area contributed by atoms with Crippen LogP contribution < -0.4 is 0 Å². The lowest BCUT2D eigenvalue weighted by Gasteiger charge is -2.30. The Labute approximate surface area is 104 Å². The summed E-state index contributed by atoms with van der Waals surface area (Å²) in [6, 6.07) is 0. The standard InChI is InChI=1S/C14H24O3/c1-4-5-6-7-8-13(16)14(17)9-12(15)10(2)11(14)3/h13,16-17H,4-9H2,1-3H3/t13-,14+/m0/s1. The minimum atomic E-state index is -1.31. The van der Waals surface area contributed by atoms with Gasteiger partial charge in [-0.15, -0.1) is 0 Å². The van der Waals surface area contributed by atoms with Crippen LogP contribution in [0, 0.1) is 0 Å². The average Bonchev–Trinajstić information content (AvgIpc) is 2.50. The minimum Gasteiger partial charge on any atom is -0.390 e. The van der Waals surface area contributed by atoms with Crippen molar-refractivity contribution in [1.29, 1.82) is 0 Å². The van der Waals surface area contributed by atoms with Crippen LogP contribution in [0.15, 0.2) is 11.1 Å². The predicted molar refractivity (Wildman–Crippen MR) is 67.7 cm³/mol. The van der Waals surface area contributed by atoms with E-state index in [-0.39, 0.29) is 12.2 Å². The summed E-state index contributed by atoms with van der Waals surface area (Å²) in [5.41, 5.74) is -0.0569. The van der Waals surface area contributed by atoms with E-state index in [9.17, 15) is 15.0 Å². The van der Waals surface area contributed by atoms with Crippen LogP contribution >= 0.6 is 0 Å². The van der Waals surface area contributed by atoms with E-state index in [1.807, 2.05) is 0 Å². The SMILES string of the molecule is CCCCCC[C@H](O)[C@@]1(O)CC(=O)C(C)=C1C. The van der Waals surface area contributed by atoms with Crippen molar-refractivity contribution in [2.45, 2.75) is 71.0 Å². The molecule has 0 aromatic carbocycles. The first-order valence-corrected chi connectivity index (χ1v) is 6.55. The Hall–Kier alpha value is -0.670. The van der Waals surface area contributed by atoms with E-state index in [4.69, 9.17) is 0 Å². The Morgan fingerprint density at radius 3 is 2.41 bits per heavy atom. The molecule has 0 heterocycles. The third kappa shape index (κ3) is 2.96. The van der Waals surface area contributed by atoms with Crippen LogP contribution in [0.2, 0.25) is 0 Å². The topological polar surface area (TPSA) is 57.5 Å². The number of carbonyl (C=O) groups is 1. The molecule has 0 amide bonds. The molecule has 0 saturated heterocycles. The molecule has 3 heteroatoms. The fourth-order valence-corrected chi connectivity index (χ4v) is 2.41. The number of allylic oxidation sites excluding steroid dienone is 1. The van der Waals surface area contributed by atoms with Crippen molar-refractivity contribution in [3.63, 3.8) is 0 Å². The van der Waals surface area contributed by atoms with E-state index in [1.165, 1.54) is 0 Å². The summed E-state index contributed by atoms with van der Waals surface area (Å²) in [5.74, 6) is -0.0439. The maximum Gasteiger partial charge on any atom is 0.161 e. The summed E-state index contributed by atoms with van der Waals surface area (Å²) in [6.45, 7) is 5.60. The summed E-state index contributed by atoms with van der Waals surface area (Å²) < 4.78 is 0. The molecule has 0 aliphatic heterocycles. The van der Waals surface area contributed by atoms with Gasteiger partial charge in [0.1, 0.15) is 5.60 Å². The van der Waals surface area contributed by atoms with Crippen molar-refractivity contribution in [2.75, 3.05) is 0 Å². The Morgan fingerprint density at radius 1 is 1.29 bits per heavy atom. The van der Waals surface area contributed by atoms with Crippen LogP contribution in [0.1, 0.15) is 59.3 Å². The quantitative estimate of drug-likeness (QED) is 0.701. The lowest BCUT2D eigenvalue weighted by atomic mass is 9.86. The summed E-state index contributed by atoms with van der Waals surface area (Å²) >= 11 is 0. The molecule has 1 rings (SSSR count). The van der Waals surface area contributed by atoms with Gasteiger partial charge in [-0.05, 0) is 31.4 Å². The van der Waals surface area contributed by atoms with Gasteiger partial charge >= 0.3 is 0 Å². The summed E-state index contributed by atoms with van der Waals surface area (Å²) in [4.78, 5) is 11.6. The van der Waals surface area contributed by atoms with Gasteiger partial charge in [-0.25, -0.2) is 0 Å². The minimum absolute atomic E-state index is 0.0413. The van der Waals surface area contributed by atoms with Gasteiger partial charge in [-0.2, -0.15) is 0 Å². The highest BCUT2D eigenvalue weighted by atomic mass is 16.3. The Kier molecular flexibility index (Phi) is 4.90. The van der Waals surface area contributed by atoms with Crippen molar-refractivity contribution in [3.05, 3.63) is 11.1 Å². The molecule has 98 valence electrons. The lowest BCUT2D eigenvalue weighted by molar-refractivity contribution is -0.120. The van der Waals surface area contributed by atoms with Crippen molar-refractivity contribution < 1.29 is 15.0 Å². The number of Topliss-reactive ketones (excluding diaryl/α,β-unsaturated/α-hetero) is 1. The number of hydrogen-bond donors (Lipinski definition) is 2. The second-order valence-electron chi connectivity index (χ2n) is 5.14. The molecule has 0 aromatic rings. The van der Waals surface area contributed by atoms with E-state index >= 15 is 0 Å². The molecule has 0 saturated carbocycles. The van der Waals surface area contributed by atoms with Gasteiger partial charge in [0.2, 0.25) is 0 Å². The Morgan fingerprint density at radius 2 is 1.94 bits per heavy atom. The number of aliphatic hydroxyl groups is 2. The van der Waals surface area contributed by atoms with E-state index in [0.29, 0.717) is 17.6 Å². The molecule has 2 atom stereocenters. The van der Waals surface area contributed by atoms with Gasteiger partial charge in [-0.3, -0.25) is 4.79 Å². The van der Waals surface area contributed by atoms with E-state index in [2.05, 4.69) is 6.92 Å². The molecule has 0 unspecified atom stereocenters. The zero-order valence-corrected chi connectivity index (χ0v) is 11.1. The zero-order valence-electron chi connectivity index (χ0n) is 11.1. The number of carbonyl (C=O) groups excluding carboxylic acids is 1. The number of unbranched alkanes of at least 4 members (excludes halogenated alkanes) is 3. The van der Waals surface area contributed by atoms with Gasteiger partial charge in [0.15, 0.2) is 5.78 Å². The predicted octanol–water partition coefficient (Wildman–Crippen LogP) is 2.36. The number of aliphatic hydroxyl groups excluding tert-OH is 1. The van der Waals surface area contributed by atoms with Crippen LogP contribution in [0.3, 0.4) is 0 Å². The number of rotatable bonds is 6. The molecule has 2 N–H and O–H groups in total. The molecule has 3 nitrogen and oxygen atoms in total. The van der Waals surface area contributed by atoms with Crippen molar-refractivity contribution in [3.8, 4) is 0 Å². The molecule has 0 fully saturated rings. The zero-order chi connectivity index (χ0) is 13.1. The van der Waals surface area contributed by atoms with Crippen LogP contribution in [0.4, 0.5) is 0 Å². The molecule has 0 bridgehead atoms. The van der Waals surface area contributed by atoms with Gasteiger partial charge in [-0.1, -0.05) is 32.6 Å². The number of hydrogen-bond acceptors (Lipinski definition) is 3. The fraction of sp³-hybridized carbons (Fsp3) is 0.786. The lowest BCUT2D eigenvalue weighted by Crippen LogP contribution is -2.42. The van der Waals surface area contributed by atoms with Crippen LogP contribution in [0.25, 0.3) is 0 Å². The molecule has 1 aliphatic rings. The van der Waals surface area contributed by atoms with Gasteiger partial charge in [0.05, 0.1) is 6.10 Å². The number of ketones is 1. The maximum absolute atomic E-state index is 11.6. The van der Waals surface area contributed by atoms with Gasteiger partial charge < -0.3 is 10.2 Å². The van der Waals surface area contributed by atoms with Gasteiger partial charge in [0, 0.05) is 6.42 Å². The molecule has 17 heavy (non-hydrogen) atoms. The van der Waals surface area contributed by atoms with Gasteiger partial charge in [0.25, 0.3) is 0 Å². The van der Waals surface area contributed by atoms with Crippen LogP contribution in [-0.4, -0.2) is 27.7 Å². The Balaban J connectivity index is 2.57. The highest BCUT2D eigenvalue weighted by Crippen LogP contribution is 2.37. The fourth-order valence-electron chi connectivity index (χ4n) is 2.41. The maximum atomic E-state index is 11.6. The first kappa shape index (κ1) is 14.4. The molecular formula is C14H24O3. The largest absolute Gasteiger partial charge is 0.390 e. The third-order valence-corrected chi connectivity index (χ3v) is 3.94. The first-order valence-electron chi connectivity index (χ1n) is 6.55. The second kappa shape index (κ2) is 5.78. The monoisotopic (exact) mass is 240 g/mol. The van der Waals surface area contributed by atoms with E-state index in [0.717, 1.165) is 25.7 Å². The smallest absolute Gasteiger partial charge is 0.161 e.